The van der Waals surface area contributed by atoms with Gasteiger partial charge in [0.05, 0.1) is 0 Å². The quantitative estimate of drug-likeness (QED) is 0.367. The average molecular weight is 359 g/mol. The Labute approximate surface area is 140 Å². The molecule has 0 amide bonds. The first-order valence-electron chi connectivity index (χ1n) is 7.80. The summed E-state index contributed by atoms with van der Waals surface area (Å²) in [5.74, 6) is 0. The first-order chi connectivity index (χ1) is 10.8. The van der Waals surface area contributed by atoms with Crippen LogP contribution in [0.25, 0.3) is 0 Å². The third kappa shape index (κ3) is 7.08. The van der Waals surface area contributed by atoms with E-state index in [1.54, 1.807) is 0 Å². The summed E-state index contributed by atoms with van der Waals surface area (Å²) in [5, 5.41) is 1.31. The number of hydrogen-bond donors (Lipinski definition) is 0. The summed E-state index contributed by atoms with van der Waals surface area (Å²) in [5.41, 5.74) is 2.68. The fraction of sp³-hybridized carbons (Fsp3) is 0.300. The summed E-state index contributed by atoms with van der Waals surface area (Å²) in [6, 6.07) is 21.2. The van der Waals surface area contributed by atoms with Crippen LogP contribution in [0.5, 0.6) is 0 Å². The minimum absolute atomic E-state index is 0.616. The Morgan fingerprint density at radius 3 is 2.41 bits per heavy atom. The van der Waals surface area contributed by atoms with Crippen LogP contribution in [-0.4, -0.2) is 21.6 Å². The molecule has 0 radical (unpaired) electrons. The van der Waals surface area contributed by atoms with Crippen LogP contribution in [-0.2, 0) is 11.3 Å². The Morgan fingerprint density at radius 1 is 1.00 bits per heavy atom. The molecule has 2 aromatic rings. The molecule has 2 heteroatoms. The van der Waals surface area contributed by atoms with Gasteiger partial charge in [-0.25, -0.2) is 0 Å². The van der Waals surface area contributed by atoms with Gasteiger partial charge >= 0.3 is 140 Å². The topological polar surface area (TPSA) is 9.23 Å². The van der Waals surface area contributed by atoms with E-state index in [-0.39, 0.29) is 0 Å². The predicted octanol–water partition coefficient (Wildman–Crippen LogP) is 4.38. The monoisotopic (exact) mass is 360 g/mol. The summed E-state index contributed by atoms with van der Waals surface area (Å²) >= 11 is 0.616. The van der Waals surface area contributed by atoms with Crippen molar-refractivity contribution >= 4 is 19.4 Å². The second-order valence-electron chi connectivity index (χ2n) is 5.32. The van der Waals surface area contributed by atoms with Crippen LogP contribution in [0.3, 0.4) is 0 Å². The number of ether oxygens (including phenoxy) is 1. The van der Waals surface area contributed by atoms with Gasteiger partial charge < -0.3 is 0 Å². The zero-order chi connectivity index (χ0) is 15.5. The Kier molecular flexibility index (Phi) is 8.04. The number of rotatable bonds is 9. The molecular weight excluding hydrogens is 335 g/mol. The standard InChI is InChI=1S/C20H24OSe/c1-18(9-8-16-22-20-12-6-3-7-13-20)14-15-21-17-19-10-4-2-5-11-19/h2-7,10-14H,8-9,15-17H2,1H3/b18-14-. The van der Waals surface area contributed by atoms with E-state index in [0.717, 1.165) is 0 Å². The Balaban J connectivity index is 1.56. The molecule has 0 aliphatic rings. The molecule has 0 unspecified atom stereocenters. The van der Waals surface area contributed by atoms with Crippen molar-refractivity contribution in [2.24, 2.45) is 0 Å². The zero-order valence-electron chi connectivity index (χ0n) is 13.2. The van der Waals surface area contributed by atoms with E-state index in [1.165, 1.54) is 33.8 Å². The third-order valence-corrected chi connectivity index (χ3v) is 5.69. The molecule has 0 fully saturated rings. The molecule has 0 saturated heterocycles. The van der Waals surface area contributed by atoms with E-state index in [0.29, 0.717) is 28.2 Å². The van der Waals surface area contributed by atoms with Crippen molar-refractivity contribution in [2.75, 3.05) is 6.61 Å². The second kappa shape index (κ2) is 10.4. The molecule has 0 aliphatic heterocycles. The van der Waals surface area contributed by atoms with Gasteiger partial charge in [-0.2, -0.15) is 0 Å². The number of hydrogen-bond acceptors (Lipinski definition) is 1. The van der Waals surface area contributed by atoms with Crippen LogP contribution < -0.4 is 4.46 Å². The van der Waals surface area contributed by atoms with Gasteiger partial charge in [0.2, 0.25) is 0 Å². The Hall–Kier alpha value is -1.34. The molecule has 2 rings (SSSR count). The van der Waals surface area contributed by atoms with Crippen molar-refractivity contribution < 1.29 is 4.74 Å². The van der Waals surface area contributed by atoms with Gasteiger partial charge in [-0.05, 0) is 0 Å². The normalized spacial score (nSPS) is 11.6. The van der Waals surface area contributed by atoms with Gasteiger partial charge in [0.1, 0.15) is 0 Å². The van der Waals surface area contributed by atoms with Gasteiger partial charge in [0, 0.05) is 0 Å². The third-order valence-electron chi connectivity index (χ3n) is 3.39. The van der Waals surface area contributed by atoms with Gasteiger partial charge in [-0.1, -0.05) is 0 Å². The van der Waals surface area contributed by atoms with E-state index in [2.05, 4.69) is 55.5 Å². The second-order valence-corrected chi connectivity index (χ2v) is 7.77. The minimum atomic E-state index is 0.616. The molecular formula is C20H24OSe. The zero-order valence-corrected chi connectivity index (χ0v) is 14.9. The fourth-order valence-electron chi connectivity index (χ4n) is 2.11. The van der Waals surface area contributed by atoms with E-state index in [9.17, 15) is 0 Å². The van der Waals surface area contributed by atoms with Gasteiger partial charge in [0.25, 0.3) is 0 Å². The molecule has 22 heavy (non-hydrogen) atoms. The van der Waals surface area contributed by atoms with Crippen LogP contribution in [0.4, 0.5) is 0 Å². The summed E-state index contributed by atoms with van der Waals surface area (Å²) in [7, 11) is 0. The molecule has 116 valence electrons. The molecule has 0 atom stereocenters. The van der Waals surface area contributed by atoms with E-state index < -0.39 is 0 Å². The van der Waals surface area contributed by atoms with Crippen LogP contribution in [0.1, 0.15) is 25.3 Å². The van der Waals surface area contributed by atoms with E-state index in [4.69, 9.17) is 4.74 Å². The fourth-order valence-corrected chi connectivity index (χ4v) is 3.95. The van der Waals surface area contributed by atoms with E-state index in [1.807, 2.05) is 18.2 Å². The SMILES string of the molecule is C/C(=C/COCc1ccccc1)CCC[Se]c1ccccc1. The summed E-state index contributed by atoms with van der Waals surface area (Å²) < 4.78 is 7.20. The summed E-state index contributed by atoms with van der Waals surface area (Å²) in [6.45, 7) is 3.62. The van der Waals surface area contributed by atoms with Crippen molar-refractivity contribution in [1.29, 1.82) is 0 Å². The van der Waals surface area contributed by atoms with Crippen LogP contribution >= 0.6 is 0 Å². The van der Waals surface area contributed by atoms with Gasteiger partial charge in [-0.3, -0.25) is 0 Å². The molecule has 0 heterocycles. The van der Waals surface area contributed by atoms with Crippen molar-refractivity contribution in [3.63, 3.8) is 0 Å². The Bertz CT molecular complexity index is 548. The molecule has 0 saturated carbocycles. The van der Waals surface area contributed by atoms with Gasteiger partial charge in [0.15, 0.2) is 0 Å². The van der Waals surface area contributed by atoms with Crippen molar-refractivity contribution in [1.82, 2.24) is 0 Å². The predicted molar refractivity (Wildman–Crippen MR) is 95.7 cm³/mol. The van der Waals surface area contributed by atoms with Gasteiger partial charge in [-0.15, -0.1) is 0 Å². The van der Waals surface area contributed by atoms with E-state index >= 15 is 0 Å². The van der Waals surface area contributed by atoms with Crippen LogP contribution in [0.2, 0.25) is 5.32 Å². The first-order valence-corrected chi connectivity index (χ1v) is 9.86. The number of benzene rings is 2. The average Bonchev–Trinajstić information content (AvgIpc) is 2.57. The van der Waals surface area contributed by atoms with Crippen molar-refractivity contribution in [3.8, 4) is 0 Å². The maximum atomic E-state index is 5.69. The van der Waals surface area contributed by atoms with Crippen molar-refractivity contribution in [3.05, 3.63) is 77.9 Å². The summed E-state index contributed by atoms with van der Waals surface area (Å²) in [4.78, 5) is 0. The van der Waals surface area contributed by atoms with Crippen LogP contribution in [0, 0.1) is 0 Å². The molecule has 1 nitrogen and oxygen atoms in total. The molecule has 0 aromatic heterocycles. The number of allylic oxidation sites excluding steroid dienone is 1. The molecule has 0 spiro atoms. The van der Waals surface area contributed by atoms with Crippen LogP contribution in [0.15, 0.2) is 72.3 Å². The Morgan fingerprint density at radius 2 is 1.68 bits per heavy atom. The summed E-state index contributed by atoms with van der Waals surface area (Å²) in [6.07, 6.45) is 4.68. The first kappa shape index (κ1) is 17.0. The molecule has 0 bridgehead atoms. The molecule has 0 aliphatic carbocycles. The molecule has 0 N–H and O–H groups in total. The van der Waals surface area contributed by atoms with Crippen molar-refractivity contribution in [2.45, 2.75) is 31.7 Å². The molecule has 2 aromatic carbocycles. The maximum absolute atomic E-state index is 5.69.